The molecule has 1 heterocycles. The van der Waals surface area contributed by atoms with Crippen molar-refractivity contribution < 1.29 is 9.59 Å². The standard InChI is InChI=1S/C30H29N5O2/c1-30(17-20-8-13-26(31)14-9-20)28(36)34(29(37)35(30)19-21-5-3-2-4-6-21)18-22-7-10-23-11-12-24(27(32)33)16-25(23)15-22/h2-16H,17-19,31H2,1H3,(H3,32,33). The molecule has 0 saturated carbocycles. The van der Waals surface area contributed by atoms with E-state index in [9.17, 15) is 9.59 Å². The van der Waals surface area contributed by atoms with Crippen molar-refractivity contribution in [3.05, 3.63) is 113 Å². The molecule has 4 aromatic carbocycles. The van der Waals surface area contributed by atoms with E-state index in [1.165, 1.54) is 4.90 Å². The number of nitrogens with zero attached hydrogens (tertiary/aromatic N) is 2. The molecule has 5 N–H and O–H groups in total. The molecule has 186 valence electrons. The highest BCUT2D eigenvalue weighted by Gasteiger charge is 2.53. The normalized spacial score (nSPS) is 17.5. The Morgan fingerprint density at radius 3 is 2.19 bits per heavy atom. The maximum absolute atomic E-state index is 13.9. The molecule has 0 aromatic heterocycles. The minimum absolute atomic E-state index is 0.00723. The van der Waals surface area contributed by atoms with Gasteiger partial charge >= 0.3 is 6.03 Å². The van der Waals surface area contributed by atoms with E-state index in [2.05, 4.69) is 0 Å². The lowest BCUT2D eigenvalue weighted by molar-refractivity contribution is -0.133. The van der Waals surface area contributed by atoms with Crippen molar-refractivity contribution in [3.63, 3.8) is 0 Å². The number of amides is 3. The average Bonchev–Trinajstić information content (AvgIpc) is 3.06. The fraction of sp³-hybridized carbons (Fsp3) is 0.167. The molecular formula is C30H29N5O2. The van der Waals surface area contributed by atoms with Crippen LogP contribution in [0.4, 0.5) is 10.5 Å². The molecule has 37 heavy (non-hydrogen) atoms. The molecule has 4 aromatic rings. The van der Waals surface area contributed by atoms with Crippen molar-refractivity contribution in [2.24, 2.45) is 5.73 Å². The van der Waals surface area contributed by atoms with Crippen LogP contribution in [0.25, 0.3) is 10.8 Å². The third-order valence-electron chi connectivity index (χ3n) is 7.03. The first-order valence-corrected chi connectivity index (χ1v) is 12.1. The molecule has 0 radical (unpaired) electrons. The van der Waals surface area contributed by atoms with E-state index in [1.807, 2.05) is 97.9 Å². The van der Waals surface area contributed by atoms with Gasteiger partial charge in [0.15, 0.2) is 0 Å². The van der Waals surface area contributed by atoms with Crippen LogP contribution in [-0.2, 0) is 24.3 Å². The quantitative estimate of drug-likeness (QED) is 0.151. The molecule has 3 amide bonds. The summed E-state index contributed by atoms with van der Waals surface area (Å²) < 4.78 is 0. The van der Waals surface area contributed by atoms with Gasteiger partial charge < -0.3 is 16.4 Å². The van der Waals surface area contributed by atoms with Gasteiger partial charge in [-0.3, -0.25) is 15.1 Å². The van der Waals surface area contributed by atoms with Crippen molar-refractivity contribution in [3.8, 4) is 0 Å². The molecule has 1 saturated heterocycles. The fourth-order valence-electron chi connectivity index (χ4n) is 4.95. The Hall–Kier alpha value is -4.65. The van der Waals surface area contributed by atoms with Crippen LogP contribution in [0.2, 0.25) is 0 Å². The number of rotatable bonds is 7. The summed E-state index contributed by atoms with van der Waals surface area (Å²) in [4.78, 5) is 30.7. The molecule has 1 unspecified atom stereocenters. The third kappa shape index (κ3) is 4.63. The topological polar surface area (TPSA) is 117 Å². The van der Waals surface area contributed by atoms with E-state index in [0.29, 0.717) is 24.2 Å². The van der Waals surface area contributed by atoms with Gasteiger partial charge in [0.2, 0.25) is 0 Å². The summed E-state index contributed by atoms with van der Waals surface area (Å²) in [6.45, 7) is 2.32. The summed E-state index contributed by atoms with van der Waals surface area (Å²) in [5, 5.41) is 9.62. The van der Waals surface area contributed by atoms with Crippen molar-refractivity contribution >= 4 is 34.2 Å². The summed E-state index contributed by atoms with van der Waals surface area (Å²) in [6, 6.07) is 28.2. The largest absolute Gasteiger partial charge is 0.399 e. The highest BCUT2D eigenvalue weighted by molar-refractivity contribution is 6.07. The summed E-state index contributed by atoms with van der Waals surface area (Å²) in [7, 11) is 0. The molecule has 1 aliphatic heterocycles. The van der Waals surface area contributed by atoms with Crippen molar-refractivity contribution in [2.45, 2.75) is 32.0 Å². The maximum Gasteiger partial charge on any atom is 0.328 e. The van der Waals surface area contributed by atoms with Gasteiger partial charge in [-0.05, 0) is 58.7 Å². The van der Waals surface area contributed by atoms with Crippen LogP contribution in [-0.4, -0.2) is 33.1 Å². The second-order valence-corrected chi connectivity index (χ2v) is 9.75. The Bertz CT molecular complexity index is 1500. The number of carbonyl (C=O) groups is 2. The lowest BCUT2D eigenvalue weighted by Gasteiger charge is -2.32. The molecule has 1 fully saturated rings. The van der Waals surface area contributed by atoms with Gasteiger partial charge in [-0.1, -0.05) is 66.7 Å². The van der Waals surface area contributed by atoms with Crippen LogP contribution >= 0.6 is 0 Å². The van der Waals surface area contributed by atoms with Crippen LogP contribution < -0.4 is 11.5 Å². The number of hydrogen-bond donors (Lipinski definition) is 3. The molecule has 0 spiro atoms. The SMILES string of the molecule is CC1(Cc2ccc(N)cc2)C(=O)N(Cc2ccc3ccc(C(=N)N)cc3c2)C(=O)N1Cc1ccccc1. The Balaban J connectivity index is 1.49. The number of benzene rings is 4. The zero-order valence-electron chi connectivity index (χ0n) is 20.6. The number of nitrogens with two attached hydrogens (primary N) is 2. The van der Waals surface area contributed by atoms with Gasteiger partial charge in [-0.25, -0.2) is 4.79 Å². The second-order valence-electron chi connectivity index (χ2n) is 9.75. The number of urea groups is 1. The Morgan fingerprint density at radius 2 is 1.49 bits per heavy atom. The van der Waals surface area contributed by atoms with E-state index in [1.54, 1.807) is 4.90 Å². The smallest absolute Gasteiger partial charge is 0.328 e. The van der Waals surface area contributed by atoms with E-state index < -0.39 is 5.54 Å². The number of hydrogen-bond acceptors (Lipinski definition) is 4. The van der Waals surface area contributed by atoms with E-state index >= 15 is 0 Å². The lowest BCUT2D eigenvalue weighted by atomic mass is 9.90. The Labute approximate surface area is 215 Å². The number of imide groups is 1. The number of nitrogen functional groups attached to an aromatic ring is 2. The number of carbonyl (C=O) groups excluding carboxylic acids is 2. The van der Waals surface area contributed by atoms with E-state index in [0.717, 1.165) is 27.5 Å². The van der Waals surface area contributed by atoms with E-state index in [-0.39, 0.29) is 24.3 Å². The zero-order chi connectivity index (χ0) is 26.2. The first-order valence-electron chi connectivity index (χ1n) is 12.1. The van der Waals surface area contributed by atoms with Crippen LogP contribution in [0.3, 0.4) is 0 Å². The highest BCUT2D eigenvalue weighted by Crippen LogP contribution is 2.34. The molecule has 7 heteroatoms. The van der Waals surface area contributed by atoms with Gasteiger partial charge in [0.25, 0.3) is 5.91 Å². The average molecular weight is 492 g/mol. The highest BCUT2D eigenvalue weighted by atomic mass is 16.2. The summed E-state index contributed by atoms with van der Waals surface area (Å²) >= 11 is 0. The molecule has 0 bridgehead atoms. The summed E-state index contributed by atoms with van der Waals surface area (Å²) in [6.07, 6.45) is 0.376. The van der Waals surface area contributed by atoms with Crippen molar-refractivity contribution in [1.29, 1.82) is 5.41 Å². The number of nitrogens with one attached hydrogen (secondary N) is 1. The summed E-state index contributed by atoms with van der Waals surface area (Å²) in [5.41, 5.74) is 14.5. The monoisotopic (exact) mass is 491 g/mol. The maximum atomic E-state index is 13.9. The molecule has 1 atom stereocenters. The van der Waals surface area contributed by atoms with Crippen molar-refractivity contribution in [2.75, 3.05) is 5.73 Å². The number of anilines is 1. The van der Waals surface area contributed by atoms with Crippen LogP contribution in [0.1, 0.15) is 29.2 Å². The lowest BCUT2D eigenvalue weighted by Crippen LogP contribution is -2.48. The second kappa shape index (κ2) is 9.43. The molecule has 7 nitrogen and oxygen atoms in total. The summed E-state index contributed by atoms with van der Waals surface area (Å²) in [5.74, 6) is -0.241. The minimum Gasteiger partial charge on any atom is -0.399 e. The molecule has 5 rings (SSSR count). The van der Waals surface area contributed by atoms with Crippen LogP contribution in [0.15, 0.2) is 91.0 Å². The van der Waals surface area contributed by atoms with Crippen molar-refractivity contribution in [1.82, 2.24) is 9.80 Å². The van der Waals surface area contributed by atoms with Gasteiger partial charge in [0.05, 0.1) is 6.54 Å². The Kier molecular flexibility index (Phi) is 6.13. The Morgan fingerprint density at radius 1 is 0.811 bits per heavy atom. The predicted molar refractivity (Wildman–Crippen MR) is 146 cm³/mol. The number of fused-ring (bicyclic) bond motifs is 1. The van der Waals surface area contributed by atoms with Gasteiger partial charge in [0.1, 0.15) is 11.4 Å². The molecule has 0 aliphatic carbocycles. The fourth-order valence-corrected chi connectivity index (χ4v) is 4.95. The molecular weight excluding hydrogens is 462 g/mol. The first-order chi connectivity index (χ1) is 17.7. The minimum atomic E-state index is -1.05. The zero-order valence-corrected chi connectivity index (χ0v) is 20.6. The van der Waals surface area contributed by atoms with Gasteiger partial charge in [0, 0.05) is 24.2 Å². The van der Waals surface area contributed by atoms with E-state index in [4.69, 9.17) is 16.9 Å². The third-order valence-corrected chi connectivity index (χ3v) is 7.03. The van der Waals surface area contributed by atoms with Crippen LogP contribution in [0.5, 0.6) is 0 Å². The number of amidine groups is 1. The predicted octanol–water partition coefficient (Wildman–Crippen LogP) is 4.67. The van der Waals surface area contributed by atoms with Crippen LogP contribution in [0, 0.1) is 5.41 Å². The first kappa shape index (κ1) is 24.1. The van der Waals surface area contributed by atoms with Gasteiger partial charge in [-0.15, -0.1) is 0 Å². The van der Waals surface area contributed by atoms with Gasteiger partial charge in [-0.2, -0.15) is 0 Å². The molecule has 1 aliphatic rings.